The second-order valence-corrected chi connectivity index (χ2v) is 13.0. The van der Waals surface area contributed by atoms with Gasteiger partial charge < -0.3 is 19.3 Å². The summed E-state index contributed by atoms with van der Waals surface area (Å²) in [6.45, 7) is 11.7. The van der Waals surface area contributed by atoms with Gasteiger partial charge in [-0.1, -0.05) is 6.07 Å². The normalized spacial score (nSPS) is 18.1. The number of Topliss-reactive ketones (excluding diaryl/α,β-unsaturated/α-hetero) is 1. The van der Waals surface area contributed by atoms with Gasteiger partial charge in [0.25, 0.3) is 0 Å². The summed E-state index contributed by atoms with van der Waals surface area (Å²) in [4.78, 5) is 36.7. The lowest BCUT2D eigenvalue weighted by Gasteiger charge is -2.41. The van der Waals surface area contributed by atoms with Gasteiger partial charge in [0.15, 0.2) is 11.9 Å². The molecule has 12 heteroatoms. The average Bonchev–Trinajstić information content (AvgIpc) is 2.97. The lowest BCUT2D eigenvalue weighted by molar-refractivity contribution is -0.137. The first-order valence-electron chi connectivity index (χ1n) is 15.3. The molecular formula is C32H43F3N4O4S. The maximum atomic E-state index is 13.0. The number of rotatable bonds is 12. The molecule has 4 rings (SSSR count). The zero-order chi connectivity index (χ0) is 31.9. The summed E-state index contributed by atoms with van der Waals surface area (Å²) in [6, 6.07) is 5.85. The number of hydrogen-bond acceptors (Lipinski definition) is 7. The molecule has 0 radical (unpaired) electrons. The third-order valence-electron chi connectivity index (χ3n) is 7.84. The number of carbonyl (C=O) groups is 2. The molecule has 0 N–H and O–H groups in total. The Labute approximate surface area is 261 Å². The van der Waals surface area contributed by atoms with Gasteiger partial charge in [-0.3, -0.25) is 14.7 Å². The predicted molar refractivity (Wildman–Crippen MR) is 165 cm³/mol. The molecule has 0 saturated carbocycles. The number of allylic oxidation sites excluding steroid dienone is 1. The van der Waals surface area contributed by atoms with E-state index >= 15 is 0 Å². The van der Waals surface area contributed by atoms with Crippen molar-refractivity contribution in [2.45, 2.75) is 82.6 Å². The van der Waals surface area contributed by atoms with Gasteiger partial charge in [0.05, 0.1) is 24.1 Å². The van der Waals surface area contributed by atoms with Crippen LogP contribution in [0.3, 0.4) is 0 Å². The molecule has 0 aliphatic carbocycles. The van der Waals surface area contributed by atoms with E-state index in [9.17, 15) is 22.8 Å². The molecule has 1 fully saturated rings. The molecule has 2 aromatic rings. The van der Waals surface area contributed by atoms with E-state index in [0.717, 1.165) is 47.4 Å². The molecule has 2 aliphatic heterocycles. The molecule has 242 valence electrons. The smallest absolute Gasteiger partial charge is 0.416 e. The van der Waals surface area contributed by atoms with E-state index in [1.165, 1.54) is 6.07 Å². The Morgan fingerprint density at radius 1 is 1.09 bits per heavy atom. The van der Waals surface area contributed by atoms with Crippen LogP contribution in [0.1, 0.15) is 58.9 Å². The molecule has 1 atom stereocenters. The zero-order valence-corrected chi connectivity index (χ0v) is 26.8. The lowest BCUT2D eigenvalue weighted by Crippen LogP contribution is -2.56. The van der Waals surface area contributed by atoms with Crippen molar-refractivity contribution in [3.05, 3.63) is 48.0 Å². The molecule has 44 heavy (non-hydrogen) atoms. The molecular weight excluding hydrogens is 593 g/mol. The number of thioether (sulfide) groups is 1. The number of fused-ring (bicyclic) bond motifs is 1. The van der Waals surface area contributed by atoms with Crippen molar-refractivity contribution in [1.82, 2.24) is 19.7 Å². The summed E-state index contributed by atoms with van der Waals surface area (Å²) in [5, 5.41) is 0.720. The first-order valence-corrected chi connectivity index (χ1v) is 16.3. The highest BCUT2D eigenvalue weighted by Gasteiger charge is 2.32. The van der Waals surface area contributed by atoms with Crippen LogP contribution >= 0.6 is 11.8 Å². The number of piperazine rings is 1. The van der Waals surface area contributed by atoms with Crippen molar-refractivity contribution in [3.8, 4) is 0 Å². The largest absolute Gasteiger partial charge is 0.494 e. The number of carbonyl (C=O) groups excluding carboxylic acids is 2. The Balaban J connectivity index is 1.12. The lowest BCUT2D eigenvalue weighted by atomic mass is 10.1. The number of ether oxygens (including phenoxy) is 2. The fourth-order valence-corrected chi connectivity index (χ4v) is 6.59. The number of hydrogen-bond donors (Lipinski definition) is 0. The first-order chi connectivity index (χ1) is 20.9. The van der Waals surface area contributed by atoms with E-state index in [4.69, 9.17) is 9.47 Å². The molecule has 8 nitrogen and oxygen atoms in total. The Hall–Kier alpha value is -2.99. The van der Waals surface area contributed by atoms with E-state index in [1.807, 2.05) is 43.6 Å². The molecule has 3 heterocycles. The van der Waals surface area contributed by atoms with Gasteiger partial charge in [0, 0.05) is 61.3 Å². The minimum Gasteiger partial charge on any atom is -0.494 e. The highest BCUT2D eigenvalue weighted by Crippen LogP contribution is 2.34. The molecule has 2 aliphatic rings. The Bertz CT molecular complexity index is 1300. The number of halogens is 3. The topological polar surface area (TPSA) is 75.2 Å². The zero-order valence-electron chi connectivity index (χ0n) is 25.9. The van der Waals surface area contributed by atoms with Crippen LogP contribution in [0.2, 0.25) is 0 Å². The van der Waals surface area contributed by atoms with Crippen LogP contribution in [0.5, 0.6) is 0 Å². The highest BCUT2D eigenvalue weighted by molar-refractivity contribution is 7.99. The predicted octanol–water partition coefficient (Wildman–Crippen LogP) is 6.59. The van der Waals surface area contributed by atoms with Gasteiger partial charge in [-0.15, -0.1) is 11.8 Å². The van der Waals surface area contributed by atoms with Gasteiger partial charge in [0.1, 0.15) is 12.0 Å². The second kappa shape index (κ2) is 15.3. The van der Waals surface area contributed by atoms with Crippen LogP contribution < -0.4 is 0 Å². The van der Waals surface area contributed by atoms with Crippen LogP contribution in [-0.2, 0) is 20.4 Å². The van der Waals surface area contributed by atoms with E-state index in [1.54, 1.807) is 24.2 Å². The number of nitrogens with zero attached hydrogens (tertiary/aromatic N) is 4. The summed E-state index contributed by atoms with van der Waals surface area (Å²) in [5.41, 5.74) is -0.356. The summed E-state index contributed by atoms with van der Waals surface area (Å²) in [7, 11) is 0. The highest BCUT2D eigenvalue weighted by atomic mass is 32.2. The molecule has 0 spiro atoms. The first kappa shape index (κ1) is 33.9. The fourth-order valence-electron chi connectivity index (χ4n) is 5.54. The van der Waals surface area contributed by atoms with Crippen molar-refractivity contribution >= 4 is 34.5 Å². The molecule has 1 aromatic heterocycles. The Morgan fingerprint density at radius 3 is 2.48 bits per heavy atom. The SMILES string of the molecule is CC(C)N(C(=O)N1CCN(CC2OC=C(OCCCCCSc3ccnc4cc(C(F)(F)F)ccc34)CC2=O)CC1)C(C)C. The summed E-state index contributed by atoms with van der Waals surface area (Å²) in [6.07, 6.45) is 1.04. The van der Waals surface area contributed by atoms with Gasteiger partial charge in [-0.2, -0.15) is 13.2 Å². The number of amides is 2. The second-order valence-electron chi connectivity index (χ2n) is 11.8. The number of urea groups is 1. The maximum absolute atomic E-state index is 13.0. The minimum absolute atomic E-state index is 0.00451. The van der Waals surface area contributed by atoms with Crippen LogP contribution in [-0.4, -0.2) is 94.8 Å². The number of aromatic nitrogens is 1. The fraction of sp³-hybridized carbons (Fsp3) is 0.594. The van der Waals surface area contributed by atoms with E-state index in [-0.39, 0.29) is 30.3 Å². The Kier molecular flexibility index (Phi) is 11.8. The quantitative estimate of drug-likeness (QED) is 0.192. The van der Waals surface area contributed by atoms with Crippen LogP contribution in [0, 0.1) is 0 Å². The van der Waals surface area contributed by atoms with E-state index in [2.05, 4.69) is 9.88 Å². The van der Waals surface area contributed by atoms with Crippen molar-refractivity contribution < 1.29 is 32.2 Å². The van der Waals surface area contributed by atoms with Gasteiger partial charge in [-0.25, -0.2) is 4.79 Å². The van der Waals surface area contributed by atoms with Gasteiger partial charge >= 0.3 is 12.2 Å². The van der Waals surface area contributed by atoms with Crippen molar-refractivity contribution in [2.75, 3.05) is 45.1 Å². The molecule has 0 bridgehead atoms. The standard InChI is InChI=1S/C32H43F3N4O4S/c1-22(2)39(23(3)4)31(41)38-14-12-37(13-15-38)20-29-28(40)19-25(21-43-29)42-16-6-5-7-17-44-30-10-11-36-27-18-24(32(33,34)35)8-9-26(27)30/h8-11,18,21-23,29H,5-7,12-17,19-20H2,1-4H3. The van der Waals surface area contributed by atoms with Crippen LogP contribution in [0.4, 0.5) is 18.0 Å². The van der Waals surface area contributed by atoms with Gasteiger partial charge in [-0.05, 0) is 70.9 Å². The van der Waals surface area contributed by atoms with Crippen molar-refractivity contribution in [2.24, 2.45) is 0 Å². The van der Waals surface area contributed by atoms with Crippen LogP contribution in [0.15, 0.2) is 47.4 Å². The summed E-state index contributed by atoms with van der Waals surface area (Å²) in [5.74, 6) is 1.36. The summed E-state index contributed by atoms with van der Waals surface area (Å²) < 4.78 is 50.6. The monoisotopic (exact) mass is 636 g/mol. The summed E-state index contributed by atoms with van der Waals surface area (Å²) >= 11 is 1.61. The third kappa shape index (κ3) is 9.03. The number of alkyl halides is 3. The number of pyridine rings is 1. The van der Waals surface area contributed by atoms with E-state index in [0.29, 0.717) is 50.6 Å². The number of unbranched alkanes of at least 4 members (excludes halogenated alkanes) is 2. The van der Waals surface area contributed by atoms with Crippen molar-refractivity contribution in [1.29, 1.82) is 0 Å². The van der Waals surface area contributed by atoms with E-state index < -0.39 is 17.8 Å². The Morgan fingerprint density at radius 2 is 1.82 bits per heavy atom. The maximum Gasteiger partial charge on any atom is 0.416 e. The number of benzene rings is 1. The molecule has 1 saturated heterocycles. The van der Waals surface area contributed by atoms with Crippen LogP contribution in [0.25, 0.3) is 10.9 Å². The molecule has 1 aromatic carbocycles. The minimum atomic E-state index is -4.39. The molecule has 2 amide bonds. The molecule has 1 unspecified atom stereocenters. The average molecular weight is 637 g/mol. The third-order valence-corrected chi connectivity index (χ3v) is 9.00. The number of ketones is 1. The van der Waals surface area contributed by atoms with Crippen molar-refractivity contribution in [3.63, 3.8) is 0 Å². The van der Waals surface area contributed by atoms with Gasteiger partial charge in [0.2, 0.25) is 0 Å².